The number of hydrogen-bond donors (Lipinski definition) is 1. The summed E-state index contributed by atoms with van der Waals surface area (Å²) in [5.41, 5.74) is 1.09. The fraction of sp³-hybridized carbons (Fsp3) is 0.300. The SMILES string of the molecule is COC(=O)c1csc(NCc2cc(C)on2)n1. The molecule has 0 saturated heterocycles. The standard InChI is InChI=1S/C10H11N3O3S/c1-6-3-7(13-16-6)4-11-10-12-8(5-17-10)9(14)15-2/h3,5H,4H2,1-2H3,(H,11,12). The first-order valence-electron chi connectivity index (χ1n) is 4.89. The summed E-state index contributed by atoms with van der Waals surface area (Å²) in [5, 5.41) is 9.17. The van der Waals surface area contributed by atoms with E-state index in [2.05, 4.69) is 20.2 Å². The van der Waals surface area contributed by atoms with E-state index >= 15 is 0 Å². The third kappa shape index (κ3) is 2.82. The molecule has 90 valence electrons. The zero-order valence-corrected chi connectivity index (χ0v) is 10.2. The van der Waals surface area contributed by atoms with Crippen molar-refractivity contribution in [2.75, 3.05) is 12.4 Å². The van der Waals surface area contributed by atoms with E-state index in [1.54, 1.807) is 5.38 Å². The van der Waals surface area contributed by atoms with Crippen LogP contribution in [0.5, 0.6) is 0 Å². The summed E-state index contributed by atoms with van der Waals surface area (Å²) >= 11 is 1.34. The Bertz CT molecular complexity index is 520. The molecule has 2 heterocycles. The first kappa shape index (κ1) is 11.6. The van der Waals surface area contributed by atoms with Crippen LogP contribution in [0.1, 0.15) is 21.9 Å². The van der Waals surface area contributed by atoms with Crippen LogP contribution in [0.15, 0.2) is 16.0 Å². The molecule has 2 rings (SSSR count). The van der Waals surface area contributed by atoms with Gasteiger partial charge in [-0.1, -0.05) is 5.16 Å². The minimum Gasteiger partial charge on any atom is -0.464 e. The minimum atomic E-state index is -0.438. The van der Waals surface area contributed by atoms with Gasteiger partial charge in [-0.05, 0) is 6.92 Å². The number of aryl methyl sites for hydroxylation is 1. The molecule has 0 unspecified atom stereocenters. The molecule has 2 aromatic rings. The van der Waals surface area contributed by atoms with Crippen molar-refractivity contribution in [3.8, 4) is 0 Å². The van der Waals surface area contributed by atoms with E-state index in [1.165, 1.54) is 18.4 Å². The monoisotopic (exact) mass is 253 g/mol. The van der Waals surface area contributed by atoms with E-state index in [1.807, 2.05) is 13.0 Å². The lowest BCUT2D eigenvalue weighted by molar-refractivity contribution is 0.0595. The molecule has 0 radical (unpaired) electrons. The lowest BCUT2D eigenvalue weighted by Crippen LogP contribution is -2.03. The Hall–Kier alpha value is -1.89. The molecule has 17 heavy (non-hydrogen) atoms. The summed E-state index contributed by atoms with van der Waals surface area (Å²) in [4.78, 5) is 15.2. The van der Waals surface area contributed by atoms with Crippen molar-refractivity contribution >= 4 is 22.4 Å². The Morgan fingerprint density at radius 3 is 3.12 bits per heavy atom. The maximum Gasteiger partial charge on any atom is 0.357 e. The number of hydrogen-bond acceptors (Lipinski definition) is 7. The predicted molar refractivity (Wildman–Crippen MR) is 62.0 cm³/mol. The third-order valence-electron chi connectivity index (χ3n) is 2.00. The fourth-order valence-electron chi connectivity index (χ4n) is 1.22. The van der Waals surface area contributed by atoms with Crippen LogP contribution >= 0.6 is 11.3 Å². The van der Waals surface area contributed by atoms with Gasteiger partial charge in [0.05, 0.1) is 13.7 Å². The highest BCUT2D eigenvalue weighted by molar-refractivity contribution is 7.13. The molecular formula is C10H11N3O3S. The lowest BCUT2D eigenvalue weighted by atomic mass is 10.4. The smallest absolute Gasteiger partial charge is 0.357 e. The normalized spacial score (nSPS) is 10.2. The van der Waals surface area contributed by atoms with Crippen LogP contribution in [-0.2, 0) is 11.3 Å². The zero-order chi connectivity index (χ0) is 12.3. The second-order valence-corrected chi connectivity index (χ2v) is 4.17. The Labute approximate surface area is 102 Å². The van der Waals surface area contributed by atoms with E-state index in [0.717, 1.165) is 11.5 Å². The van der Waals surface area contributed by atoms with Crippen molar-refractivity contribution in [2.45, 2.75) is 13.5 Å². The first-order chi connectivity index (χ1) is 8.19. The Balaban J connectivity index is 1.95. The number of anilines is 1. The Morgan fingerprint density at radius 1 is 1.65 bits per heavy atom. The number of aromatic nitrogens is 2. The van der Waals surface area contributed by atoms with Gasteiger partial charge in [0, 0.05) is 11.4 Å². The van der Waals surface area contributed by atoms with Gasteiger partial charge in [0.15, 0.2) is 10.8 Å². The minimum absolute atomic E-state index is 0.302. The molecule has 2 aromatic heterocycles. The highest BCUT2D eigenvalue weighted by Gasteiger charge is 2.10. The van der Waals surface area contributed by atoms with Crippen molar-refractivity contribution < 1.29 is 14.1 Å². The second kappa shape index (κ2) is 4.96. The molecule has 0 aliphatic heterocycles. The number of methoxy groups -OCH3 is 1. The highest BCUT2D eigenvalue weighted by atomic mass is 32.1. The van der Waals surface area contributed by atoms with E-state index in [9.17, 15) is 4.79 Å². The molecule has 0 fully saturated rings. The van der Waals surface area contributed by atoms with Crippen LogP contribution in [-0.4, -0.2) is 23.2 Å². The second-order valence-electron chi connectivity index (χ2n) is 3.31. The molecular weight excluding hydrogens is 242 g/mol. The molecule has 0 aliphatic carbocycles. The lowest BCUT2D eigenvalue weighted by Gasteiger charge is -1.97. The topological polar surface area (TPSA) is 77.2 Å². The summed E-state index contributed by atoms with van der Waals surface area (Å²) in [6.07, 6.45) is 0. The number of thiazole rings is 1. The summed E-state index contributed by atoms with van der Waals surface area (Å²) in [6, 6.07) is 1.84. The predicted octanol–water partition coefficient (Wildman–Crippen LogP) is 1.84. The summed E-state index contributed by atoms with van der Waals surface area (Å²) in [5.74, 6) is 0.322. The van der Waals surface area contributed by atoms with Crippen molar-refractivity contribution in [3.05, 3.63) is 28.6 Å². The van der Waals surface area contributed by atoms with E-state index in [0.29, 0.717) is 17.4 Å². The molecule has 6 nitrogen and oxygen atoms in total. The fourth-order valence-corrected chi connectivity index (χ4v) is 1.90. The van der Waals surface area contributed by atoms with Gasteiger partial charge >= 0.3 is 5.97 Å². The van der Waals surface area contributed by atoms with Gasteiger partial charge < -0.3 is 14.6 Å². The highest BCUT2D eigenvalue weighted by Crippen LogP contribution is 2.16. The van der Waals surface area contributed by atoms with Crippen molar-refractivity contribution in [1.29, 1.82) is 0 Å². The van der Waals surface area contributed by atoms with Gasteiger partial charge in [-0.3, -0.25) is 0 Å². The van der Waals surface area contributed by atoms with Crippen molar-refractivity contribution in [3.63, 3.8) is 0 Å². The van der Waals surface area contributed by atoms with Gasteiger partial charge in [-0.15, -0.1) is 11.3 Å². The largest absolute Gasteiger partial charge is 0.464 e. The van der Waals surface area contributed by atoms with Gasteiger partial charge in [-0.2, -0.15) is 0 Å². The number of ether oxygens (including phenoxy) is 1. The molecule has 1 N–H and O–H groups in total. The van der Waals surface area contributed by atoms with Crippen LogP contribution in [0, 0.1) is 6.92 Å². The van der Waals surface area contributed by atoms with Gasteiger partial charge in [0.25, 0.3) is 0 Å². The van der Waals surface area contributed by atoms with E-state index in [4.69, 9.17) is 4.52 Å². The van der Waals surface area contributed by atoms with Crippen LogP contribution in [0.4, 0.5) is 5.13 Å². The summed E-state index contributed by atoms with van der Waals surface area (Å²) < 4.78 is 9.50. The maximum absolute atomic E-state index is 11.2. The maximum atomic E-state index is 11.2. The third-order valence-corrected chi connectivity index (χ3v) is 2.80. The first-order valence-corrected chi connectivity index (χ1v) is 5.77. The van der Waals surface area contributed by atoms with Crippen molar-refractivity contribution in [2.24, 2.45) is 0 Å². The van der Waals surface area contributed by atoms with E-state index in [-0.39, 0.29) is 0 Å². The molecule has 0 aliphatic rings. The molecule has 7 heteroatoms. The molecule has 0 bridgehead atoms. The van der Waals surface area contributed by atoms with Crippen LogP contribution < -0.4 is 5.32 Å². The molecule has 0 aromatic carbocycles. The summed E-state index contributed by atoms with van der Waals surface area (Å²) in [7, 11) is 1.33. The molecule has 0 atom stereocenters. The van der Waals surface area contributed by atoms with Gasteiger partial charge in [0.2, 0.25) is 0 Å². The Kier molecular flexibility index (Phi) is 3.38. The molecule has 0 spiro atoms. The van der Waals surface area contributed by atoms with Gasteiger partial charge in [-0.25, -0.2) is 9.78 Å². The van der Waals surface area contributed by atoms with Crippen LogP contribution in [0.2, 0.25) is 0 Å². The van der Waals surface area contributed by atoms with Crippen molar-refractivity contribution in [1.82, 2.24) is 10.1 Å². The number of rotatable bonds is 4. The van der Waals surface area contributed by atoms with Gasteiger partial charge in [0.1, 0.15) is 11.5 Å². The summed E-state index contributed by atoms with van der Waals surface area (Å²) in [6.45, 7) is 2.33. The average molecular weight is 253 g/mol. The van der Waals surface area contributed by atoms with E-state index < -0.39 is 5.97 Å². The molecule has 0 amide bonds. The number of carbonyl (C=O) groups excluding carboxylic acids is 1. The number of carbonyl (C=O) groups is 1. The number of esters is 1. The Morgan fingerprint density at radius 2 is 2.47 bits per heavy atom. The molecule has 0 saturated carbocycles. The average Bonchev–Trinajstić information content (AvgIpc) is 2.94. The number of nitrogens with zero attached hydrogens (tertiary/aromatic N) is 2. The zero-order valence-electron chi connectivity index (χ0n) is 9.39. The van der Waals surface area contributed by atoms with Crippen LogP contribution in [0.25, 0.3) is 0 Å². The van der Waals surface area contributed by atoms with Crippen LogP contribution in [0.3, 0.4) is 0 Å². The number of nitrogens with one attached hydrogen (secondary N) is 1. The quantitative estimate of drug-likeness (QED) is 0.838.